The predicted octanol–water partition coefficient (Wildman–Crippen LogP) is 1.88. The van der Waals surface area contributed by atoms with E-state index >= 15 is 0 Å². The lowest BCUT2D eigenvalue weighted by molar-refractivity contribution is -0.127. The molecule has 25 heavy (non-hydrogen) atoms. The molecule has 2 amide bonds. The van der Waals surface area contributed by atoms with Gasteiger partial charge in [-0.05, 0) is 19.8 Å². The molecule has 0 unspecified atom stereocenters. The summed E-state index contributed by atoms with van der Waals surface area (Å²) in [6.07, 6.45) is 8.44. The number of aryl methyl sites for hydroxylation is 1. The number of ether oxygens (including phenoxy) is 1. The van der Waals surface area contributed by atoms with Gasteiger partial charge < -0.3 is 19.9 Å². The Kier molecular flexibility index (Phi) is 10.5. The molecular formula is C17H30N4O4. The van der Waals surface area contributed by atoms with Gasteiger partial charge in [0.15, 0.2) is 5.82 Å². The zero-order valence-electron chi connectivity index (χ0n) is 15.5. The highest BCUT2D eigenvalue weighted by Crippen LogP contribution is 2.16. The zero-order valence-corrected chi connectivity index (χ0v) is 15.5. The summed E-state index contributed by atoms with van der Waals surface area (Å²) >= 11 is 0. The molecule has 0 radical (unpaired) electrons. The molecule has 0 aromatic carbocycles. The molecule has 0 bridgehead atoms. The predicted molar refractivity (Wildman–Crippen MR) is 92.7 cm³/mol. The third-order valence-electron chi connectivity index (χ3n) is 3.85. The molecular weight excluding hydrogens is 324 g/mol. The average molecular weight is 354 g/mol. The number of carbonyl (C=O) groups is 2. The first kappa shape index (κ1) is 21.1. The molecule has 142 valence electrons. The van der Waals surface area contributed by atoms with E-state index in [4.69, 9.17) is 9.26 Å². The molecule has 0 aliphatic heterocycles. The summed E-state index contributed by atoms with van der Waals surface area (Å²) in [5, 5.41) is 9.10. The standard InChI is InChI=1S/C14H23N3O3.C3H7NO/c1-11-15-14(20-17-11)10-19-9-13(18)16-12-7-5-3-2-4-6-8-12;1-3(5)4-2/h12H,2-10H2,1H3,(H,16,18);1-2H3,(H,4,5). The first-order chi connectivity index (χ1) is 12.0. The summed E-state index contributed by atoms with van der Waals surface area (Å²) < 4.78 is 10.2. The first-order valence-corrected chi connectivity index (χ1v) is 8.86. The number of nitrogens with zero attached hydrogens (tertiary/aromatic N) is 2. The Bertz CT molecular complexity index is 511. The maximum Gasteiger partial charge on any atom is 0.252 e. The Morgan fingerprint density at radius 3 is 2.32 bits per heavy atom. The molecule has 1 heterocycles. The third kappa shape index (κ3) is 10.5. The van der Waals surface area contributed by atoms with Gasteiger partial charge in [0.05, 0.1) is 0 Å². The largest absolute Gasteiger partial charge is 0.362 e. The minimum Gasteiger partial charge on any atom is -0.362 e. The van der Waals surface area contributed by atoms with Crippen molar-refractivity contribution in [2.24, 2.45) is 0 Å². The molecule has 1 saturated carbocycles. The van der Waals surface area contributed by atoms with E-state index in [2.05, 4.69) is 20.8 Å². The highest BCUT2D eigenvalue weighted by molar-refractivity contribution is 5.77. The fraction of sp³-hybridized carbons (Fsp3) is 0.765. The van der Waals surface area contributed by atoms with Gasteiger partial charge in [-0.2, -0.15) is 4.98 Å². The van der Waals surface area contributed by atoms with Crippen LogP contribution >= 0.6 is 0 Å². The Hall–Kier alpha value is -1.96. The van der Waals surface area contributed by atoms with Crippen LogP contribution in [0.4, 0.5) is 0 Å². The molecule has 1 fully saturated rings. The van der Waals surface area contributed by atoms with Gasteiger partial charge >= 0.3 is 0 Å². The van der Waals surface area contributed by atoms with Crippen LogP contribution in [0.1, 0.15) is 63.6 Å². The maximum absolute atomic E-state index is 11.8. The Labute approximate surface area is 149 Å². The van der Waals surface area contributed by atoms with Crippen LogP contribution < -0.4 is 10.6 Å². The van der Waals surface area contributed by atoms with Crippen molar-refractivity contribution in [2.45, 2.75) is 71.4 Å². The summed E-state index contributed by atoms with van der Waals surface area (Å²) in [5.74, 6) is 0.917. The van der Waals surface area contributed by atoms with Crippen molar-refractivity contribution in [1.82, 2.24) is 20.8 Å². The lowest BCUT2D eigenvalue weighted by atomic mass is 9.97. The summed E-state index contributed by atoms with van der Waals surface area (Å²) in [6, 6.07) is 0.303. The van der Waals surface area contributed by atoms with Crippen molar-refractivity contribution in [1.29, 1.82) is 0 Å². The number of hydrogen-bond donors (Lipinski definition) is 2. The lowest BCUT2D eigenvalue weighted by Crippen LogP contribution is -2.37. The van der Waals surface area contributed by atoms with Gasteiger partial charge in [-0.25, -0.2) is 0 Å². The minimum atomic E-state index is -0.0631. The second-order valence-electron chi connectivity index (χ2n) is 6.14. The van der Waals surface area contributed by atoms with Gasteiger partial charge in [-0.15, -0.1) is 0 Å². The molecule has 8 nitrogen and oxygen atoms in total. The second-order valence-corrected chi connectivity index (χ2v) is 6.14. The first-order valence-electron chi connectivity index (χ1n) is 8.86. The zero-order chi connectivity index (χ0) is 18.5. The van der Waals surface area contributed by atoms with E-state index in [-0.39, 0.29) is 25.0 Å². The van der Waals surface area contributed by atoms with Crippen molar-refractivity contribution < 1.29 is 18.8 Å². The number of hydrogen-bond acceptors (Lipinski definition) is 6. The van der Waals surface area contributed by atoms with Crippen molar-refractivity contribution >= 4 is 11.8 Å². The molecule has 2 N–H and O–H groups in total. The highest BCUT2D eigenvalue weighted by Gasteiger charge is 2.14. The van der Waals surface area contributed by atoms with Crippen LogP contribution in [0.2, 0.25) is 0 Å². The van der Waals surface area contributed by atoms with Gasteiger partial charge in [0.2, 0.25) is 11.8 Å². The van der Waals surface area contributed by atoms with Crippen molar-refractivity contribution in [3.05, 3.63) is 11.7 Å². The Morgan fingerprint density at radius 2 is 1.80 bits per heavy atom. The highest BCUT2D eigenvalue weighted by atomic mass is 16.5. The molecule has 1 aromatic heterocycles. The van der Waals surface area contributed by atoms with Crippen LogP contribution in [0.25, 0.3) is 0 Å². The normalized spacial score (nSPS) is 15.3. The van der Waals surface area contributed by atoms with E-state index in [9.17, 15) is 9.59 Å². The summed E-state index contributed by atoms with van der Waals surface area (Å²) in [7, 11) is 1.60. The van der Waals surface area contributed by atoms with Gasteiger partial charge in [0.1, 0.15) is 13.2 Å². The van der Waals surface area contributed by atoms with Crippen LogP contribution in [0.15, 0.2) is 4.52 Å². The van der Waals surface area contributed by atoms with Crippen molar-refractivity contribution in [3.8, 4) is 0 Å². The summed E-state index contributed by atoms with van der Waals surface area (Å²) in [5.41, 5.74) is 0. The minimum absolute atomic E-state index is 0.00463. The number of aromatic nitrogens is 2. The summed E-state index contributed by atoms with van der Waals surface area (Å²) in [4.78, 5) is 25.5. The molecule has 0 saturated heterocycles. The monoisotopic (exact) mass is 354 g/mol. The Balaban J connectivity index is 0.000000550. The number of nitrogens with one attached hydrogen (secondary N) is 2. The SMILES string of the molecule is CNC(C)=O.Cc1noc(COCC(=O)NC2CCCCCCC2)n1. The molecule has 2 rings (SSSR count). The van der Waals surface area contributed by atoms with Gasteiger partial charge in [-0.1, -0.05) is 37.3 Å². The van der Waals surface area contributed by atoms with Crippen LogP contribution in [0.3, 0.4) is 0 Å². The maximum atomic E-state index is 11.8. The van der Waals surface area contributed by atoms with Crippen LogP contribution in [-0.2, 0) is 20.9 Å². The number of amides is 2. The van der Waals surface area contributed by atoms with Gasteiger partial charge in [-0.3, -0.25) is 9.59 Å². The van der Waals surface area contributed by atoms with E-state index in [1.54, 1.807) is 14.0 Å². The van der Waals surface area contributed by atoms with Gasteiger partial charge in [0.25, 0.3) is 5.89 Å². The number of carbonyl (C=O) groups excluding carboxylic acids is 2. The topological polar surface area (TPSA) is 106 Å². The smallest absolute Gasteiger partial charge is 0.252 e. The van der Waals surface area contributed by atoms with E-state index < -0.39 is 0 Å². The van der Waals surface area contributed by atoms with E-state index in [0.717, 1.165) is 12.8 Å². The van der Waals surface area contributed by atoms with E-state index in [0.29, 0.717) is 17.8 Å². The number of rotatable bonds is 5. The average Bonchev–Trinajstić information content (AvgIpc) is 2.96. The Morgan fingerprint density at radius 1 is 1.20 bits per heavy atom. The molecule has 0 atom stereocenters. The quantitative estimate of drug-likeness (QED) is 0.836. The van der Waals surface area contributed by atoms with Crippen molar-refractivity contribution in [3.63, 3.8) is 0 Å². The van der Waals surface area contributed by atoms with Crippen LogP contribution in [0, 0.1) is 6.92 Å². The van der Waals surface area contributed by atoms with Gasteiger partial charge in [0, 0.05) is 20.0 Å². The molecule has 1 aliphatic rings. The molecule has 8 heteroatoms. The fourth-order valence-corrected chi connectivity index (χ4v) is 2.50. The van der Waals surface area contributed by atoms with Crippen LogP contribution in [0.5, 0.6) is 0 Å². The van der Waals surface area contributed by atoms with Crippen molar-refractivity contribution in [2.75, 3.05) is 13.7 Å². The third-order valence-corrected chi connectivity index (χ3v) is 3.85. The molecule has 1 aromatic rings. The van der Waals surface area contributed by atoms with Crippen LogP contribution in [-0.4, -0.2) is 41.7 Å². The lowest BCUT2D eigenvalue weighted by Gasteiger charge is -2.20. The molecule has 1 aliphatic carbocycles. The summed E-state index contributed by atoms with van der Waals surface area (Å²) in [6.45, 7) is 3.44. The van der Waals surface area contributed by atoms with E-state index in [1.807, 2.05) is 0 Å². The molecule has 0 spiro atoms. The fourth-order valence-electron chi connectivity index (χ4n) is 2.50. The van der Waals surface area contributed by atoms with E-state index in [1.165, 1.54) is 39.0 Å². The second kappa shape index (κ2) is 12.4.